The van der Waals surface area contributed by atoms with E-state index in [1.165, 1.54) is 11.1 Å². The Labute approximate surface area is 236 Å². The van der Waals surface area contributed by atoms with Gasteiger partial charge in [0, 0.05) is 50.2 Å². The molecule has 2 saturated heterocycles. The number of anilines is 2. The molecular weight excluding hydrogens is 502 g/mol. The second-order valence-corrected chi connectivity index (χ2v) is 11.9. The lowest BCUT2D eigenvalue weighted by atomic mass is 9.95. The average molecular weight is 544 g/mol. The minimum Gasteiger partial charge on any atom is -0.381 e. The molecule has 2 fully saturated rings. The zero-order valence-electron chi connectivity index (χ0n) is 23.7. The van der Waals surface area contributed by atoms with E-state index < -0.39 is 0 Å². The zero-order valence-corrected chi connectivity index (χ0v) is 23.7. The van der Waals surface area contributed by atoms with E-state index in [0.717, 1.165) is 93.9 Å². The molecule has 1 aromatic carbocycles. The minimum absolute atomic E-state index is 0.0458. The van der Waals surface area contributed by atoms with Gasteiger partial charge < -0.3 is 20.3 Å². The third kappa shape index (κ3) is 5.84. The lowest BCUT2D eigenvalue weighted by Crippen LogP contribution is -2.40. The average Bonchev–Trinajstić information content (AvgIpc) is 3.62. The summed E-state index contributed by atoms with van der Waals surface area (Å²) in [6.45, 7) is 7.76. The molecule has 3 aliphatic rings. The number of amides is 2. The summed E-state index contributed by atoms with van der Waals surface area (Å²) in [6.07, 6.45) is 10.9. The lowest BCUT2D eigenvalue weighted by Gasteiger charge is -2.25. The third-order valence-electron chi connectivity index (χ3n) is 8.94. The number of hydrogen-bond acceptors (Lipinski definition) is 6. The summed E-state index contributed by atoms with van der Waals surface area (Å²) in [4.78, 5) is 24.5. The van der Waals surface area contributed by atoms with Crippen molar-refractivity contribution in [2.75, 3.05) is 31.6 Å². The van der Waals surface area contributed by atoms with Crippen molar-refractivity contribution in [2.24, 2.45) is 11.8 Å². The van der Waals surface area contributed by atoms with Crippen LogP contribution in [0.3, 0.4) is 0 Å². The number of ether oxygens (including phenoxy) is 1. The van der Waals surface area contributed by atoms with Crippen LogP contribution in [0.25, 0.3) is 11.3 Å². The molecule has 9 heteroatoms. The van der Waals surface area contributed by atoms with E-state index in [9.17, 15) is 4.79 Å². The molecule has 4 heterocycles. The van der Waals surface area contributed by atoms with Crippen molar-refractivity contribution in [3.8, 4) is 11.3 Å². The molecule has 2 unspecified atom stereocenters. The van der Waals surface area contributed by atoms with Gasteiger partial charge in [-0.2, -0.15) is 5.10 Å². The Morgan fingerprint density at radius 2 is 2.00 bits per heavy atom. The molecule has 0 spiro atoms. The molecule has 2 aliphatic heterocycles. The van der Waals surface area contributed by atoms with Crippen LogP contribution in [0.4, 0.5) is 16.4 Å². The van der Waals surface area contributed by atoms with Gasteiger partial charge in [-0.25, -0.2) is 14.8 Å². The number of aromatic nitrogens is 4. The number of rotatable bonds is 6. The normalized spacial score (nSPS) is 21.7. The van der Waals surface area contributed by atoms with Crippen LogP contribution in [0, 0.1) is 11.8 Å². The van der Waals surface area contributed by atoms with Gasteiger partial charge in [0.25, 0.3) is 0 Å². The number of hydrogen-bond donors (Lipinski definition) is 3. The predicted octanol–water partition coefficient (Wildman–Crippen LogP) is 5.96. The van der Waals surface area contributed by atoms with Gasteiger partial charge in [0.1, 0.15) is 0 Å². The molecule has 0 saturated carbocycles. The number of carbonyl (C=O) groups excluding carboxylic acids is 1. The number of nitrogens with one attached hydrogen (secondary N) is 3. The highest BCUT2D eigenvalue weighted by Crippen LogP contribution is 2.34. The van der Waals surface area contributed by atoms with Gasteiger partial charge in [-0.3, -0.25) is 5.10 Å². The Morgan fingerprint density at radius 3 is 2.83 bits per heavy atom. The largest absolute Gasteiger partial charge is 0.381 e. The molecule has 0 radical (unpaired) electrons. The van der Waals surface area contributed by atoms with Crippen LogP contribution in [-0.4, -0.2) is 57.4 Å². The molecule has 6 rings (SSSR count). The first-order chi connectivity index (χ1) is 19.5. The first kappa shape index (κ1) is 26.7. The van der Waals surface area contributed by atoms with Crippen molar-refractivity contribution in [3.63, 3.8) is 0 Å². The fourth-order valence-electron chi connectivity index (χ4n) is 6.43. The number of fused-ring (bicyclic) bond motifs is 1. The highest BCUT2D eigenvalue weighted by Gasteiger charge is 2.30. The summed E-state index contributed by atoms with van der Waals surface area (Å²) >= 11 is 0. The van der Waals surface area contributed by atoms with Crippen molar-refractivity contribution < 1.29 is 9.53 Å². The van der Waals surface area contributed by atoms with Crippen LogP contribution in [0.2, 0.25) is 0 Å². The van der Waals surface area contributed by atoms with Gasteiger partial charge >= 0.3 is 6.03 Å². The lowest BCUT2D eigenvalue weighted by molar-refractivity contribution is 0.0846. The van der Waals surface area contributed by atoms with Crippen LogP contribution >= 0.6 is 0 Å². The Kier molecular flexibility index (Phi) is 8.00. The summed E-state index contributed by atoms with van der Waals surface area (Å²) in [7, 11) is 0. The second kappa shape index (κ2) is 12.0. The summed E-state index contributed by atoms with van der Waals surface area (Å²) in [5, 5.41) is 14.3. The predicted molar refractivity (Wildman–Crippen MR) is 155 cm³/mol. The Morgan fingerprint density at radius 1 is 1.12 bits per heavy atom. The van der Waals surface area contributed by atoms with Crippen LogP contribution < -0.4 is 10.6 Å². The number of aryl methyl sites for hydroxylation is 1. The van der Waals surface area contributed by atoms with Gasteiger partial charge in [-0.15, -0.1) is 0 Å². The summed E-state index contributed by atoms with van der Waals surface area (Å²) in [5.41, 5.74) is 6.41. The van der Waals surface area contributed by atoms with Crippen molar-refractivity contribution in [2.45, 2.75) is 70.8 Å². The molecular formula is C31H41N7O2. The standard InChI is InChI=1S/C31H41N7O2/c1-20(2)24-10-14-38(19-24)31(39)36-27-6-4-3-5-22-17-23(7-8-25(22)27)26-9-13-32-30(34-26)35-28-18-33-37-29(28)21-11-15-40-16-12-21/h7-9,13,17-18,20-21,24,27H,3-6,10-12,14-16,19H2,1-2H3,(H,33,37)(H,36,39)(H,32,34,35). The zero-order chi connectivity index (χ0) is 27.5. The van der Waals surface area contributed by atoms with Gasteiger partial charge in [0.15, 0.2) is 0 Å². The molecule has 9 nitrogen and oxygen atoms in total. The van der Waals surface area contributed by atoms with Gasteiger partial charge in [0.2, 0.25) is 5.95 Å². The molecule has 2 amide bonds. The monoisotopic (exact) mass is 543 g/mol. The van der Waals surface area contributed by atoms with E-state index in [0.29, 0.717) is 23.7 Å². The first-order valence-electron chi connectivity index (χ1n) is 15.0. The molecule has 0 bridgehead atoms. The van der Waals surface area contributed by atoms with Gasteiger partial charge in [0.05, 0.1) is 23.1 Å². The fourth-order valence-corrected chi connectivity index (χ4v) is 6.43. The van der Waals surface area contributed by atoms with Gasteiger partial charge in [-0.05, 0) is 73.6 Å². The first-order valence-corrected chi connectivity index (χ1v) is 15.0. The van der Waals surface area contributed by atoms with Crippen molar-refractivity contribution >= 4 is 17.7 Å². The second-order valence-electron chi connectivity index (χ2n) is 11.9. The smallest absolute Gasteiger partial charge is 0.317 e. The molecule has 1 aliphatic carbocycles. The molecule has 40 heavy (non-hydrogen) atoms. The molecule has 3 aromatic rings. The quantitative estimate of drug-likeness (QED) is 0.331. The number of likely N-dealkylation sites (tertiary alicyclic amines) is 1. The van der Waals surface area contributed by atoms with E-state index >= 15 is 0 Å². The third-order valence-corrected chi connectivity index (χ3v) is 8.94. The van der Waals surface area contributed by atoms with E-state index in [-0.39, 0.29) is 12.1 Å². The maximum absolute atomic E-state index is 13.2. The van der Waals surface area contributed by atoms with E-state index in [1.54, 1.807) is 6.20 Å². The number of nitrogens with zero attached hydrogens (tertiary/aromatic N) is 4. The summed E-state index contributed by atoms with van der Waals surface area (Å²) in [6, 6.07) is 8.65. The van der Waals surface area contributed by atoms with Crippen molar-refractivity contribution in [3.05, 3.63) is 53.5 Å². The van der Waals surface area contributed by atoms with Crippen LogP contribution in [0.1, 0.15) is 81.2 Å². The fraction of sp³-hybridized carbons (Fsp3) is 0.548. The summed E-state index contributed by atoms with van der Waals surface area (Å²) < 4.78 is 5.52. The van der Waals surface area contributed by atoms with E-state index in [2.05, 4.69) is 57.9 Å². The summed E-state index contributed by atoms with van der Waals surface area (Å²) in [5.74, 6) is 2.13. The number of benzene rings is 1. The van der Waals surface area contributed by atoms with Crippen LogP contribution in [-0.2, 0) is 11.2 Å². The molecule has 2 atom stereocenters. The highest BCUT2D eigenvalue weighted by atomic mass is 16.5. The highest BCUT2D eigenvalue weighted by molar-refractivity contribution is 5.75. The topological polar surface area (TPSA) is 108 Å². The number of H-pyrrole nitrogens is 1. The van der Waals surface area contributed by atoms with Crippen molar-refractivity contribution in [1.29, 1.82) is 0 Å². The maximum atomic E-state index is 13.2. The SMILES string of the molecule is CC(C)C1CCN(C(=O)NC2CCCCc3cc(-c4ccnc(Nc5c[nH]nc5C5CCOCC5)n4)ccc32)C1. The van der Waals surface area contributed by atoms with Crippen molar-refractivity contribution in [1.82, 2.24) is 30.4 Å². The minimum atomic E-state index is 0.0458. The number of urea groups is 1. The molecule has 2 aromatic heterocycles. The molecule has 212 valence electrons. The maximum Gasteiger partial charge on any atom is 0.317 e. The van der Waals surface area contributed by atoms with Crippen LogP contribution in [0.5, 0.6) is 0 Å². The molecule has 3 N–H and O–H groups in total. The Balaban J connectivity index is 1.17. The number of carbonyl (C=O) groups is 1. The van der Waals surface area contributed by atoms with Gasteiger partial charge in [-0.1, -0.05) is 32.4 Å². The van der Waals surface area contributed by atoms with E-state index in [4.69, 9.17) is 9.72 Å². The van der Waals surface area contributed by atoms with Crippen LogP contribution in [0.15, 0.2) is 36.7 Å². The Hall–Kier alpha value is -3.46. The van der Waals surface area contributed by atoms with E-state index in [1.807, 2.05) is 17.2 Å². The Bertz CT molecular complexity index is 1320. The number of aromatic amines is 1.